The molecule has 1 aromatic rings. The third-order valence-corrected chi connectivity index (χ3v) is 3.89. The maximum atomic E-state index is 12.3. The predicted octanol–water partition coefficient (Wildman–Crippen LogP) is 2.30. The van der Waals surface area contributed by atoms with Gasteiger partial charge in [-0.3, -0.25) is 4.79 Å². The van der Waals surface area contributed by atoms with E-state index in [9.17, 15) is 4.79 Å². The lowest BCUT2D eigenvalue weighted by Gasteiger charge is -2.26. The largest absolute Gasteiger partial charge is 0.497 e. The molecule has 0 aromatic heterocycles. The zero-order valence-corrected chi connectivity index (χ0v) is 12.4. The smallest absolute Gasteiger partial charge is 0.253 e. The summed E-state index contributed by atoms with van der Waals surface area (Å²) in [6, 6.07) is 7.88. The van der Waals surface area contributed by atoms with Crippen molar-refractivity contribution in [3.05, 3.63) is 29.8 Å². The van der Waals surface area contributed by atoms with E-state index >= 15 is 0 Å². The van der Waals surface area contributed by atoms with Crippen LogP contribution < -0.4 is 10.1 Å². The molecule has 1 aliphatic heterocycles. The Balaban J connectivity index is 1.87. The first kappa shape index (κ1) is 14.9. The molecule has 2 rings (SSSR count). The minimum Gasteiger partial charge on any atom is -0.497 e. The second kappa shape index (κ2) is 7.29. The van der Waals surface area contributed by atoms with E-state index in [2.05, 4.69) is 5.32 Å². The Labute approximate surface area is 121 Å². The topological polar surface area (TPSA) is 41.6 Å². The first-order chi connectivity index (χ1) is 9.70. The molecule has 0 radical (unpaired) electrons. The Morgan fingerprint density at radius 1 is 1.45 bits per heavy atom. The number of nitrogens with one attached hydrogen (secondary N) is 1. The quantitative estimate of drug-likeness (QED) is 0.897. The zero-order valence-electron chi connectivity index (χ0n) is 12.4. The van der Waals surface area contributed by atoms with Crippen LogP contribution in [0.2, 0.25) is 0 Å². The van der Waals surface area contributed by atoms with Crippen LogP contribution in [-0.2, 0) is 0 Å². The summed E-state index contributed by atoms with van der Waals surface area (Å²) in [6.45, 7) is 1.89. The van der Waals surface area contributed by atoms with E-state index in [1.54, 1.807) is 18.1 Å². The molecule has 20 heavy (non-hydrogen) atoms. The van der Waals surface area contributed by atoms with Gasteiger partial charge in [0.1, 0.15) is 5.75 Å². The second-order valence-corrected chi connectivity index (χ2v) is 5.39. The summed E-state index contributed by atoms with van der Waals surface area (Å²) in [7, 11) is 3.48. The molecule has 0 saturated carbocycles. The molecule has 1 atom stereocenters. The summed E-state index contributed by atoms with van der Waals surface area (Å²) in [4.78, 5) is 14.1. The lowest BCUT2D eigenvalue weighted by molar-refractivity contribution is 0.0787. The number of nitrogens with zero attached hydrogens (tertiary/aromatic N) is 1. The van der Waals surface area contributed by atoms with Gasteiger partial charge in [-0.15, -0.1) is 0 Å². The van der Waals surface area contributed by atoms with E-state index in [0.717, 1.165) is 25.3 Å². The molecule has 0 bridgehead atoms. The fourth-order valence-corrected chi connectivity index (χ4v) is 2.60. The molecular weight excluding hydrogens is 252 g/mol. The van der Waals surface area contributed by atoms with Gasteiger partial charge in [-0.25, -0.2) is 0 Å². The molecule has 1 aliphatic rings. The van der Waals surface area contributed by atoms with Gasteiger partial charge in [-0.1, -0.05) is 12.5 Å². The number of amides is 1. The summed E-state index contributed by atoms with van der Waals surface area (Å²) >= 11 is 0. The monoisotopic (exact) mass is 276 g/mol. The summed E-state index contributed by atoms with van der Waals surface area (Å²) in [5.74, 6) is 0.776. The molecule has 1 heterocycles. The molecule has 1 amide bonds. The molecule has 4 heteroatoms. The zero-order chi connectivity index (χ0) is 14.4. The number of hydrogen-bond donors (Lipinski definition) is 1. The lowest BCUT2D eigenvalue weighted by Crippen LogP contribution is -2.38. The van der Waals surface area contributed by atoms with Crippen molar-refractivity contribution in [2.75, 3.05) is 27.2 Å². The van der Waals surface area contributed by atoms with Crippen LogP contribution in [0.4, 0.5) is 0 Å². The van der Waals surface area contributed by atoms with Crippen molar-refractivity contribution in [3.63, 3.8) is 0 Å². The number of benzene rings is 1. The van der Waals surface area contributed by atoms with Crippen LogP contribution in [0.25, 0.3) is 0 Å². The normalized spacial score (nSPS) is 18.6. The Hall–Kier alpha value is -1.55. The van der Waals surface area contributed by atoms with Crippen LogP contribution in [-0.4, -0.2) is 44.1 Å². The highest BCUT2D eigenvalue weighted by molar-refractivity contribution is 5.94. The van der Waals surface area contributed by atoms with Crippen LogP contribution >= 0.6 is 0 Å². The Bertz CT molecular complexity index is 442. The van der Waals surface area contributed by atoms with Gasteiger partial charge in [-0.2, -0.15) is 0 Å². The summed E-state index contributed by atoms with van der Waals surface area (Å²) < 4.78 is 5.16. The third kappa shape index (κ3) is 3.97. The van der Waals surface area contributed by atoms with E-state index < -0.39 is 0 Å². The highest BCUT2D eigenvalue weighted by Gasteiger charge is 2.16. The maximum absolute atomic E-state index is 12.3. The highest BCUT2D eigenvalue weighted by Crippen LogP contribution is 2.15. The van der Waals surface area contributed by atoms with Crippen LogP contribution in [0.3, 0.4) is 0 Å². The molecule has 1 N–H and O–H groups in total. The molecule has 0 spiro atoms. The first-order valence-electron chi connectivity index (χ1n) is 7.33. The van der Waals surface area contributed by atoms with Gasteiger partial charge in [0, 0.05) is 25.2 Å². The van der Waals surface area contributed by atoms with Crippen LogP contribution in [0.5, 0.6) is 5.75 Å². The SMILES string of the molecule is COc1cccc(C(=O)N(C)CCC2CCCCN2)c1. The van der Waals surface area contributed by atoms with Crippen LogP contribution in [0.1, 0.15) is 36.0 Å². The van der Waals surface area contributed by atoms with Gasteiger partial charge in [-0.05, 0) is 44.0 Å². The van der Waals surface area contributed by atoms with Crippen molar-refractivity contribution in [1.29, 1.82) is 0 Å². The lowest BCUT2D eigenvalue weighted by atomic mass is 10.0. The van der Waals surface area contributed by atoms with Crippen LogP contribution in [0.15, 0.2) is 24.3 Å². The van der Waals surface area contributed by atoms with Crippen LogP contribution in [0, 0.1) is 0 Å². The number of ether oxygens (including phenoxy) is 1. The van der Waals surface area contributed by atoms with E-state index in [1.165, 1.54) is 19.3 Å². The van der Waals surface area contributed by atoms with Gasteiger partial charge < -0.3 is 15.0 Å². The number of rotatable bonds is 5. The third-order valence-electron chi connectivity index (χ3n) is 3.89. The molecule has 1 saturated heterocycles. The molecule has 1 fully saturated rings. The van der Waals surface area contributed by atoms with E-state index in [1.807, 2.05) is 25.2 Å². The van der Waals surface area contributed by atoms with Gasteiger partial charge >= 0.3 is 0 Å². The van der Waals surface area contributed by atoms with Gasteiger partial charge in [0.05, 0.1) is 7.11 Å². The summed E-state index contributed by atoms with van der Waals surface area (Å²) in [5.41, 5.74) is 0.684. The van der Waals surface area contributed by atoms with E-state index in [0.29, 0.717) is 11.6 Å². The second-order valence-electron chi connectivity index (χ2n) is 5.39. The molecular formula is C16H24N2O2. The van der Waals surface area contributed by atoms with Crippen molar-refractivity contribution in [2.45, 2.75) is 31.7 Å². The standard InChI is InChI=1S/C16H24N2O2/c1-18(11-9-14-7-3-4-10-17-14)16(19)13-6-5-8-15(12-13)20-2/h5-6,8,12,14,17H,3-4,7,9-11H2,1-2H3. The number of piperidine rings is 1. The molecule has 0 aliphatic carbocycles. The average molecular weight is 276 g/mol. The van der Waals surface area contributed by atoms with Gasteiger partial charge in [0.2, 0.25) is 0 Å². The van der Waals surface area contributed by atoms with E-state index in [4.69, 9.17) is 4.74 Å². The van der Waals surface area contributed by atoms with Crippen molar-refractivity contribution >= 4 is 5.91 Å². The Kier molecular flexibility index (Phi) is 5.41. The Morgan fingerprint density at radius 3 is 3.00 bits per heavy atom. The summed E-state index contributed by atoms with van der Waals surface area (Å²) in [5, 5.41) is 3.51. The van der Waals surface area contributed by atoms with E-state index in [-0.39, 0.29) is 5.91 Å². The highest BCUT2D eigenvalue weighted by atomic mass is 16.5. The fraction of sp³-hybridized carbons (Fsp3) is 0.562. The number of methoxy groups -OCH3 is 1. The fourth-order valence-electron chi connectivity index (χ4n) is 2.60. The Morgan fingerprint density at radius 2 is 2.30 bits per heavy atom. The van der Waals surface area contributed by atoms with Gasteiger partial charge in [0.15, 0.2) is 0 Å². The first-order valence-corrected chi connectivity index (χ1v) is 7.33. The minimum absolute atomic E-state index is 0.0553. The van der Waals surface area contributed by atoms with Crippen molar-refractivity contribution < 1.29 is 9.53 Å². The van der Waals surface area contributed by atoms with Crippen molar-refractivity contribution in [3.8, 4) is 5.75 Å². The molecule has 1 aromatic carbocycles. The number of carbonyl (C=O) groups is 1. The maximum Gasteiger partial charge on any atom is 0.253 e. The molecule has 1 unspecified atom stereocenters. The minimum atomic E-state index is 0.0553. The molecule has 110 valence electrons. The van der Waals surface area contributed by atoms with Gasteiger partial charge in [0.25, 0.3) is 5.91 Å². The van der Waals surface area contributed by atoms with Crippen molar-refractivity contribution in [2.24, 2.45) is 0 Å². The molecule has 4 nitrogen and oxygen atoms in total. The average Bonchev–Trinajstić information content (AvgIpc) is 2.53. The van der Waals surface area contributed by atoms with Crippen molar-refractivity contribution in [1.82, 2.24) is 10.2 Å². The number of hydrogen-bond acceptors (Lipinski definition) is 3. The number of carbonyl (C=O) groups excluding carboxylic acids is 1. The summed E-state index contributed by atoms with van der Waals surface area (Å²) in [6.07, 6.45) is 4.81. The predicted molar refractivity (Wildman–Crippen MR) is 80.2 cm³/mol.